The number of nitrogens with one attached hydrogen (secondary N) is 1. The molecule has 1 amide bonds. The molecule has 2 aromatic rings. The largest absolute Gasteiger partial charge is 0.495 e. The quantitative estimate of drug-likeness (QED) is 0.745. The average Bonchev–Trinajstić information content (AvgIpc) is 2.61. The number of carbonyl (C=O) groups excluding carboxylic acids is 2. The number of anilines is 1. The highest BCUT2D eigenvalue weighted by molar-refractivity contribution is 6.32. The summed E-state index contributed by atoms with van der Waals surface area (Å²) in [6.07, 6.45) is -0.136. The van der Waals surface area contributed by atoms with E-state index < -0.39 is 24.3 Å². The van der Waals surface area contributed by atoms with E-state index in [1.54, 1.807) is 6.07 Å². The third-order valence-electron chi connectivity index (χ3n) is 3.35. The summed E-state index contributed by atoms with van der Waals surface area (Å²) in [5, 5.41) is 2.87. The van der Waals surface area contributed by atoms with Crippen LogP contribution in [0.15, 0.2) is 36.4 Å². The predicted octanol–water partition coefficient (Wildman–Crippen LogP) is 3.22. The third kappa shape index (κ3) is 5.35. The zero-order chi connectivity index (χ0) is 19.1. The monoisotopic (exact) mass is 381 g/mol. The smallest absolute Gasteiger partial charge is 0.310 e. The number of hydrogen-bond donors (Lipinski definition) is 1. The number of amides is 1. The SMILES string of the molecule is COc1cc(NC(=O)COC(=O)Cc2cccc(F)c2)c(OC)cc1Cl. The molecule has 0 unspecified atom stereocenters. The summed E-state index contributed by atoms with van der Waals surface area (Å²) in [5.41, 5.74) is 0.777. The van der Waals surface area contributed by atoms with Gasteiger partial charge in [0.05, 0.1) is 31.4 Å². The van der Waals surface area contributed by atoms with Crippen molar-refractivity contribution in [2.24, 2.45) is 0 Å². The van der Waals surface area contributed by atoms with Crippen molar-refractivity contribution in [3.63, 3.8) is 0 Å². The van der Waals surface area contributed by atoms with Crippen molar-refractivity contribution < 1.29 is 28.2 Å². The van der Waals surface area contributed by atoms with E-state index in [-0.39, 0.29) is 6.42 Å². The van der Waals surface area contributed by atoms with E-state index in [4.69, 9.17) is 25.8 Å². The van der Waals surface area contributed by atoms with Crippen LogP contribution in [0.3, 0.4) is 0 Å². The number of benzene rings is 2. The molecule has 0 fully saturated rings. The maximum Gasteiger partial charge on any atom is 0.310 e. The first-order valence-corrected chi connectivity index (χ1v) is 7.92. The van der Waals surface area contributed by atoms with Gasteiger partial charge in [0.15, 0.2) is 6.61 Å². The van der Waals surface area contributed by atoms with Crippen molar-refractivity contribution in [2.45, 2.75) is 6.42 Å². The highest BCUT2D eigenvalue weighted by Gasteiger charge is 2.14. The van der Waals surface area contributed by atoms with Gasteiger partial charge in [0.2, 0.25) is 0 Å². The van der Waals surface area contributed by atoms with Crippen molar-refractivity contribution in [1.29, 1.82) is 0 Å². The zero-order valence-electron chi connectivity index (χ0n) is 14.2. The van der Waals surface area contributed by atoms with Gasteiger partial charge < -0.3 is 19.5 Å². The lowest BCUT2D eigenvalue weighted by molar-refractivity contribution is -0.146. The molecule has 1 N–H and O–H groups in total. The zero-order valence-corrected chi connectivity index (χ0v) is 14.9. The lowest BCUT2D eigenvalue weighted by atomic mass is 10.1. The maximum absolute atomic E-state index is 13.1. The van der Waals surface area contributed by atoms with Gasteiger partial charge in [-0.05, 0) is 17.7 Å². The Morgan fingerprint density at radius 1 is 1.12 bits per heavy atom. The van der Waals surface area contributed by atoms with E-state index in [0.29, 0.717) is 27.8 Å². The highest BCUT2D eigenvalue weighted by atomic mass is 35.5. The van der Waals surface area contributed by atoms with Crippen LogP contribution in [-0.2, 0) is 20.7 Å². The van der Waals surface area contributed by atoms with E-state index in [1.807, 2.05) is 0 Å². The Hall–Kier alpha value is -2.80. The molecule has 0 radical (unpaired) electrons. The lowest BCUT2D eigenvalue weighted by Gasteiger charge is -2.13. The van der Waals surface area contributed by atoms with E-state index in [9.17, 15) is 14.0 Å². The molecule has 2 aromatic carbocycles. The third-order valence-corrected chi connectivity index (χ3v) is 3.65. The molecule has 0 aliphatic heterocycles. The second-order valence-electron chi connectivity index (χ2n) is 5.20. The summed E-state index contributed by atoms with van der Waals surface area (Å²) in [7, 11) is 2.86. The van der Waals surface area contributed by atoms with Crippen LogP contribution < -0.4 is 14.8 Å². The number of rotatable bonds is 7. The number of ether oxygens (including phenoxy) is 3. The van der Waals surface area contributed by atoms with E-state index >= 15 is 0 Å². The van der Waals surface area contributed by atoms with E-state index in [1.165, 1.54) is 44.6 Å². The molecule has 0 atom stereocenters. The average molecular weight is 382 g/mol. The molecule has 0 saturated carbocycles. The summed E-state index contributed by atoms with van der Waals surface area (Å²) < 4.78 is 28.2. The van der Waals surface area contributed by atoms with Gasteiger partial charge in [0.25, 0.3) is 5.91 Å². The molecular weight excluding hydrogens is 365 g/mol. The van der Waals surface area contributed by atoms with Crippen LogP contribution in [0.4, 0.5) is 10.1 Å². The summed E-state index contributed by atoms with van der Waals surface area (Å²) in [5.74, 6) is -0.982. The molecule has 26 heavy (non-hydrogen) atoms. The molecule has 0 aliphatic rings. The Labute approximate surface area is 154 Å². The van der Waals surface area contributed by atoms with Gasteiger partial charge >= 0.3 is 5.97 Å². The second-order valence-corrected chi connectivity index (χ2v) is 5.61. The minimum absolute atomic E-state index is 0.136. The topological polar surface area (TPSA) is 73.9 Å². The van der Waals surface area contributed by atoms with Crippen LogP contribution in [0.5, 0.6) is 11.5 Å². The summed E-state index contributed by atoms with van der Waals surface area (Å²) in [6, 6.07) is 8.57. The normalized spacial score (nSPS) is 10.2. The summed E-state index contributed by atoms with van der Waals surface area (Å²) in [4.78, 5) is 23.8. The summed E-state index contributed by atoms with van der Waals surface area (Å²) in [6.45, 7) is -0.498. The van der Waals surface area contributed by atoms with Crippen molar-refractivity contribution >= 4 is 29.2 Å². The minimum atomic E-state index is -0.647. The van der Waals surface area contributed by atoms with Crippen LogP contribution in [0, 0.1) is 5.82 Å². The van der Waals surface area contributed by atoms with E-state index in [2.05, 4.69) is 5.32 Å². The fourth-order valence-electron chi connectivity index (χ4n) is 2.16. The van der Waals surface area contributed by atoms with Gasteiger partial charge in [-0.15, -0.1) is 0 Å². The van der Waals surface area contributed by atoms with Crippen LogP contribution in [-0.4, -0.2) is 32.7 Å². The van der Waals surface area contributed by atoms with Gasteiger partial charge in [-0.3, -0.25) is 9.59 Å². The molecule has 0 bridgehead atoms. The molecule has 8 heteroatoms. The number of carbonyl (C=O) groups is 2. The Morgan fingerprint density at radius 3 is 2.50 bits per heavy atom. The molecule has 6 nitrogen and oxygen atoms in total. The first kappa shape index (κ1) is 19.5. The van der Waals surface area contributed by atoms with Crippen LogP contribution >= 0.6 is 11.6 Å². The molecule has 0 aromatic heterocycles. The van der Waals surface area contributed by atoms with Gasteiger partial charge in [-0.25, -0.2) is 4.39 Å². The molecule has 0 saturated heterocycles. The van der Waals surface area contributed by atoms with Crippen molar-refractivity contribution in [3.8, 4) is 11.5 Å². The van der Waals surface area contributed by atoms with Crippen molar-refractivity contribution in [1.82, 2.24) is 0 Å². The number of halogens is 2. The van der Waals surface area contributed by atoms with Gasteiger partial charge in [0, 0.05) is 12.1 Å². The number of esters is 1. The standard InChI is InChI=1S/C18H17ClFNO5/c1-24-15-9-14(16(25-2)8-13(15)19)21-17(22)10-26-18(23)7-11-4-3-5-12(20)6-11/h3-6,8-9H,7,10H2,1-2H3,(H,21,22). The predicted molar refractivity (Wildman–Crippen MR) is 94.2 cm³/mol. The highest BCUT2D eigenvalue weighted by Crippen LogP contribution is 2.35. The van der Waals surface area contributed by atoms with Crippen LogP contribution in [0.25, 0.3) is 0 Å². The fourth-order valence-corrected chi connectivity index (χ4v) is 2.39. The Kier molecular flexibility index (Phi) is 6.80. The lowest BCUT2D eigenvalue weighted by Crippen LogP contribution is -2.22. The number of hydrogen-bond acceptors (Lipinski definition) is 5. The van der Waals surface area contributed by atoms with Crippen LogP contribution in [0.1, 0.15) is 5.56 Å². The Balaban J connectivity index is 1.93. The molecule has 0 spiro atoms. The molecule has 0 aliphatic carbocycles. The van der Waals surface area contributed by atoms with Crippen molar-refractivity contribution in [2.75, 3.05) is 26.1 Å². The fraction of sp³-hybridized carbons (Fsp3) is 0.222. The van der Waals surface area contributed by atoms with Gasteiger partial charge in [-0.1, -0.05) is 23.7 Å². The molecule has 0 heterocycles. The van der Waals surface area contributed by atoms with Gasteiger partial charge in [0.1, 0.15) is 17.3 Å². The molecule has 138 valence electrons. The first-order chi connectivity index (χ1) is 12.4. The summed E-state index contributed by atoms with van der Waals surface area (Å²) >= 11 is 5.99. The Morgan fingerprint density at radius 2 is 1.85 bits per heavy atom. The molecular formula is C18H17ClFNO5. The minimum Gasteiger partial charge on any atom is -0.495 e. The number of methoxy groups -OCH3 is 2. The van der Waals surface area contributed by atoms with Gasteiger partial charge in [-0.2, -0.15) is 0 Å². The van der Waals surface area contributed by atoms with E-state index in [0.717, 1.165) is 0 Å². The maximum atomic E-state index is 13.1. The molecule has 2 rings (SSSR count). The van der Waals surface area contributed by atoms with Crippen molar-refractivity contribution in [3.05, 3.63) is 52.8 Å². The second kappa shape index (κ2) is 9.05. The first-order valence-electron chi connectivity index (χ1n) is 7.54. The van der Waals surface area contributed by atoms with Crippen LogP contribution in [0.2, 0.25) is 5.02 Å². The Bertz CT molecular complexity index is 812.